The molecule has 0 aromatic carbocycles. The summed E-state index contributed by atoms with van der Waals surface area (Å²) in [7, 11) is 0. The van der Waals surface area contributed by atoms with E-state index in [1.54, 1.807) is 0 Å². The number of alkyl halides is 4. The molecular weight excluding hydrogens is 216 g/mol. The van der Waals surface area contributed by atoms with Crippen molar-refractivity contribution < 1.29 is 22.7 Å². The molecule has 0 unspecified atom stereocenters. The summed E-state index contributed by atoms with van der Waals surface area (Å²) < 4.78 is 49.3. The van der Waals surface area contributed by atoms with Gasteiger partial charge in [0.15, 0.2) is 0 Å². The summed E-state index contributed by atoms with van der Waals surface area (Å²) in [6.07, 6.45) is -6.34. The highest BCUT2D eigenvalue weighted by molar-refractivity contribution is 5.36. The molecule has 1 aromatic heterocycles. The van der Waals surface area contributed by atoms with Crippen LogP contribution in [0.1, 0.15) is 5.69 Å². The van der Waals surface area contributed by atoms with Crippen LogP contribution < -0.4 is 5.73 Å². The van der Waals surface area contributed by atoms with Crippen LogP contribution in [0.4, 0.5) is 23.2 Å². The van der Waals surface area contributed by atoms with Crippen molar-refractivity contribution in [2.75, 3.05) is 5.73 Å². The summed E-state index contributed by atoms with van der Waals surface area (Å²) in [6.45, 7) is 0. The third-order valence-corrected chi connectivity index (χ3v) is 1.86. The van der Waals surface area contributed by atoms with Crippen LogP contribution in [0.15, 0.2) is 18.3 Å². The Labute approximate surface area is 82.5 Å². The highest BCUT2D eigenvalue weighted by Gasteiger charge is 2.49. The largest absolute Gasteiger partial charge is 0.397 e. The van der Waals surface area contributed by atoms with Gasteiger partial charge in [0.25, 0.3) is 12.9 Å². The standard InChI is InChI=1S/C8H8F4N2O/c9-6(10)8(15,7(11)12)5-2-1-4(13)3-14-5/h1-3,6-7,15H,13H2. The molecular formula is C8H8F4N2O. The van der Waals surface area contributed by atoms with E-state index in [1.807, 2.05) is 0 Å². The molecule has 1 rings (SSSR count). The maximum atomic E-state index is 12.3. The first kappa shape index (κ1) is 11.7. The van der Waals surface area contributed by atoms with E-state index < -0.39 is 24.1 Å². The topological polar surface area (TPSA) is 59.1 Å². The molecule has 1 heterocycles. The first-order valence-corrected chi connectivity index (χ1v) is 3.89. The molecule has 15 heavy (non-hydrogen) atoms. The van der Waals surface area contributed by atoms with Crippen LogP contribution in [0.3, 0.4) is 0 Å². The van der Waals surface area contributed by atoms with E-state index in [2.05, 4.69) is 4.98 Å². The number of anilines is 1. The van der Waals surface area contributed by atoms with Gasteiger partial charge in [-0.15, -0.1) is 0 Å². The van der Waals surface area contributed by atoms with Gasteiger partial charge in [0, 0.05) is 0 Å². The summed E-state index contributed by atoms with van der Waals surface area (Å²) in [5, 5.41) is 9.12. The zero-order valence-electron chi connectivity index (χ0n) is 7.37. The maximum Gasteiger partial charge on any atom is 0.278 e. The average Bonchev–Trinajstić information content (AvgIpc) is 2.17. The highest BCUT2D eigenvalue weighted by atomic mass is 19.3. The normalized spacial score (nSPS) is 12.5. The first-order valence-electron chi connectivity index (χ1n) is 3.89. The highest BCUT2D eigenvalue weighted by Crippen LogP contribution is 2.33. The molecule has 0 aliphatic rings. The van der Waals surface area contributed by atoms with Crippen molar-refractivity contribution in [3.63, 3.8) is 0 Å². The minimum Gasteiger partial charge on any atom is -0.397 e. The van der Waals surface area contributed by atoms with Crippen LogP contribution in [-0.2, 0) is 5.60 Å². The zero-order chi connectivity index (χ0) is 11.6. The van der Waals surface area contributed by atoms with E-state index in [0.29, 0.717) is 0 Å². The van der Waals surface area contributed by atoms with Crippen molar-refractivity contribution in [1.29, 1.82) is 0 Å². The molecule has 7 heteroatoms. The Kier molecular flexibility index (Phi) is 3.13. The molecule has 0 bridgehead atoms. The second-order valence-electron chi connectivity index (χ2n) is 2.90. The molecule has 3 N–H and O–H groups in total. The summed E-state index contributed by atoms with van der Waals surface area (Å²) >= 11 is 0. The number of halogens is 4. The van der Waals surface area contributed by atoms with E-state index in [4.69, 9.17) is 10.8 Å². The number of nitrogens with zero attached hydrogens (tertiary/aromatic N) is 1. The van der Waals surface area contributed by atoms with Crippen molar-refractivity contribution >= 4 is 5.69 Å². The SMILES string of the molecule is Nc1ccc(C(O)(C(F)F)C(F)F)nc1. The summed E-state index contributed by atoms with van der Waals surface area (Å²) in [6, 6.07) is 1.95. The van der Waals surface area contributed by atoms with Crippen LogP contribution in [0.5, 0.6) is 0 Å². The molecule has 84 valence electrons. The Morgan fingerprint density at radius 2 is 1.73 bits per heavy atom. The number of hydrogen-bond donors (Lipinski definition) is 2. The second-order valence-corrected chi connectivity index (χ2v) is 2.90. The lowest BCUT2D eigenvalue weighted by molar-refractivity contribution is -0.185. The maximum absolute atomic E-state index is 12.3. The van der Waals surface area contributed by atoms with Gasteiger partial charge >= 0.3 is 0 Å². The van der Waals surface area contributed by atoms with Crippen LogP contribution in [0.25, 0.3) is 0 Å². The van der Waals surface area contributed by atoms with Gasteiger partial charge in [-0.25, -0.2) is 17.6 Å². The van der Waals surface area contributed by atoms with E-state index in [-0.39, 0.29) is 5.69 Å². The van der Waals surface area contributed by atoms with E-state index in [9.17, 15) is 17.6 Å². The van der Waals surface area contributed by atoms with E-state index in [1.165, 1.54) is 0 Å². The molecule has 0 aliphatic heterocycles. The van der Waals surface area contributed by atoms with E-state index in [0.717, 1.165) is 18.3 Å². The fourth-order valence-electron chi connectivity index (χ4n) is 0.961. The van der Waals surface area contributed by atoms with Crippen LogP contribution >= 0.6 is 0 Å². The second kappa shape index (κ2) is 4.01. The third kappa shape index (κ3) is 2.01. The molecule has 0 aliphatic carbocycles. The molecule has 0 atom stereocenters. The molecule has 1 aromatic rings. The fraction of sp³-hybridized carbons (Fsp3) is 0.375. The average molecular weight is 224 g/mol. The molecule has 0 saturated carbocycles. The Morgan fingerprint density at radius 1 is 1.20 bits per heavy atom. The smallest absolute Gasteiger partial charge is 0.278 e. The fourth-order valence-corrected chi connectivity index (χ4v) is 0.961. The van der Waals surface area contributed by atoms with Gasteiger partial charge in [-0.05, 0) is 12.1 Å². The quantitative estimate of drug-likeness (QED) is 0.762. The third-order valence-electron chi connectivity index (χ3n) is 1.86. The van der Waals surface area contributed by atoms with Gasteiger partial charge in [-0.1, -0.05) is 0 Å². The van der Waals surface area contributed by atoms with Gasteiger partial charge in [0.1, 0.15) is 0 Å². The van der Waals surface area contributed by atoms with Crippen LogP contribution in [0.2, 0.25) is 0 Å². The predicted molar refractivity (Wildman–Crippen MR) is 44.6 cm³/mol. The Morgan fingerprint density at radius 3 is 2.07 bits per heavy atom. The summed E-state index contributed by atoms with van der Waals surface area (Å²) in [4.78, 5) is 3.26. The Balaban J connectivity index is 3.16. The monoisotopic (exact) mass is 224 g/mol. The summed E-state index contributed by atoms with van der Waals surface area (Å²) in [5.74, 6) is 0. The first-order chi connectivity index (χ1) is 6.89. The van der Waals surface area contributed by atoms with Crippen molar-refractivity contribution in [3.8, 4) is 0 Å². The van der Waals surface area contributed by atoms with Crippen LogP contribution in [0, 0.1) is 0 Å². The number of aliphatic hydroxyl groups is 1. The number of aromatic nitrogens is 1. The molecule has 0 amide bonds. The van der Waals surface area contributed by atoms with Crippen LogP contribution in [-0.4, -0.2) is 22.9 Å². The van der Waals surface area contributed by atoms with Crippen molar-refractivity contribution in [2.24, 2.45) is 0 Å². The Hall–Kier alpha value is -1.37. The number of hydrogen-bond acceptors (Lipinski definition) is 3. The number of pyridine rings is 1. The number of rotatable bonds is 3. The van der Waals surface area contributed by atoms with Gasteiger partial charge < -0.3 is 10.8 Å². The lowest BCUT2D eigenvalue weighted by Crippen LogP contribution is -2.42. The number of nitrogens with two attached hydrogens (primary N) is 1. The zero-order valence-corrected chi connectivity index (χ0v) is 7.37. The van der Waals surface area contributed by atoms with Crippen molar-refractivity contribution in [2.45, 2.75) is 18.5 Å². The lowest BCUT2D eigenvalue weighted by Gasteiger charge is -2.25. The molecule has 0 fully saturated rings. The molecule has 0 radical (unpaired) electrons. The van der Waals surface area contributed by atoms with Gasteiger partial charge in [-0.2, -0.15) is 0 Å². The van der Waals surface area contributed by atoms with Crippen molar-refractivity contribution in [1.82, 2.24) is 4.98 Å². The van der Waals surface area contributed by atoms with E-state index >= 15 is 0 Å². The minimum absolute atomic E-state index is 0.129. The molecule has 3 nitrogen and oxygen atoms in total. The minimum atomic E-state index is -3.63. The van der Waals surface area contributed by atoms with Gasteiger partial charge in [0.2, 0.25) is 5.60 Å². The Bertz CT molecular complexity index is 320. The van der Waals surface area contributed by atoms with Gasteiger partial charge in [-0.3, -0.25) is 4.98 Å². The molecule has 0 spiro atoms. The summed E-state index contributed by atoms with van der Waals surface area (Å²) in [5.41, 5.74) is 0.980. The van der Waals surface area contributed by atoms with Crippen molar-refractivity contribution in [3.05, 3.63) is 24.0 Å². The molecule has 0 saturated heterocycles. The van der Waals surface area contributed by atoms with Gasteiger partial charge in [0.05, 0.1) is 17.6 Å². The number of nitrogen functional groups attached to an aromatic ring is 1. The lowest BCUT2D eigenvalue weighted by atomic mass is 10.0. The predicted octanol–water partition coefficient (Wildman–Crippen LogP) is 1.38.